The lowest BCUT2D eigenvalue weighted by molar-refractivity contribution is -0.0981. The highest BCUT2D eigenvalue weighted by atomic mass is 32.2. The lowest BCUT2D eigenvalue weighted by Crippen LogP contribution is -2.36. The summed E-state index contributed by atoms with van der Waals surface area (Å²) >= 11 is 0. The molecule has 0 amide bonds. The third-order valence-electron chi connectivity index (χ3n) is 3.72. The number of benzene rings is 1. The fraction of sp³-hybridized carbons (Fsp3) is 0.571. The monoisotopic (exact) mass is 379 g/mol. The zero-order chi connectivity index (χ0) is 18.3. The molecule has 1 aliphatic heterocycles. The fourth-order valence-electron chi connectivity index (χ4n) is 2.55. The summed E-state index contributed by atoms with van der Waals surface area (Å²) < 4.78 is 67.3. The summed E-state index contributed by atoms with van der Waals surface area (Å²) in [4.78, 5) is 0. The number of rotatable bonds is 6. The van der Waals surface area contributed by atoms with Gasteiger partial charge in [-0.1, -0.05) is 0 Å². The van der Waals surface area contributed by atoms with Crippen LogP contribution in [0.15, 0.2) is 18.2 Å². The summed E-state index contributed by atoms with van der Waals surface area (Å²) in [5.41, 5.74) is 0.133. The zero-order valence-electron chi connectivity index (χ0n) is 13.9. The van der Waals surface area contributed by atoms with Crippen LogP contribution in [0.2, 0.25) is 0 Å². The summed E-state index contributed by atoms with van der Waals surface area (Å²) in [6.07, 6.45) is 0.346. The highest BCUT2D eigenvalue weighted by molar-refractivity contribution is 7.93. The van der Waals surface area contributed by atoms with Gasteiger partial charge in [-0.05, 0) is 39.0 Å². The van der Waals surface area contributed by atoms with Gasteiger partial charge in [0.05, 0.1) is 11.1 Å². The Balaban J connectivity index is 2.50. The third kappa shape index (κ3) is 3.82. The Morgan fingerprint density at radius 1 is 1.29 bits per heavy atom. The standard InChI is InChI=1S/C14H21NO7S2/c1-5-21-13-14(2,3)11-8-10(6-7-12(11)22-13)15(24(18,19)20)9-23(4,16)17/h6-8,13H,5,9H2,1-4H3,(H,18,19,20). The molecule has 0 radical (unpaired) electrons. The van der Waals surface area contributed by atoms with Crippen molar-refractivity contribution in [2.75, 3.05) is 23.0 Å². The lowest BCUT2D eigenvalue weighted by atomic mass is 9.85. The predicted molar refractivity (Wildman–Crippen MR) is 89.2 cm³/mol. The fourth-order valence-corrected chi connectivity index (χ4v) is 4.61. The average Bonchev–Trinajstić information content (AvgIpc) is 2.66. The van der Waals surface area contributed by atoms with Crippen molar-refractivity contribution in [1.82, 2.24) is 0 Å². The highest BCUT2D eigenvalue weighted by Gasteiger charge is 2.43. The molecular weight excluding hydrogens is 358 g/mol. The van der Waals surface area contributed by atoms with Crippen molar-refractivity contribution in [2.24, 2.45) is 0 Å². The molecule has 0 spiro atoms. The SMILES string of the molecule is CCOC1Oc2ccc(N(CS(C)(=O)=O)S(=O)(=O)O)cc2C1(C)C. The summed E-state index contributed by atoms with van der Waals surface area (Å²) in [5.74, 6) is -0.335. The Hall–Kier alpha value is -1.36. The first-order valence-electron chi connectivity index (χ1n) is 7.22. The Labute approximate surface area is 142 Å². The molecule has 10 heteroatoms. The van der Waals surface area contributed by atoms with Gasteiger partial charge in [-0.25, -0.2) is 12.7 Å². The first kappa shape index (κ1) is 19.0. The molecule has 0 saturated heterocycles. The molecule has 1 unspecified atom stereocenters. The molecule has 24 heavy (non-hydrogen) atoms. The molecule has 0 aromatic heterocycles. The predicted octanol–water partition coefficient (Wildman–Crippen LogP) is 1.33. The number of nitrogens with zero attached hydrogens (tertiary/aromatic N) is 1. The molecule has 8 nitrogen and oxygen atoms in total. The van der Waals surface area contributed by atoms with Crippen LogP contribution in [0, 0.1) is 0 Å². The molecule has 1 aliphatic rings. The van der Waals surface area contributed by atoms with Gasteiger partial charge in [0.2, 0.25) is 6.29 Å². The second-order valence-corrected chi connectivity index (χ2v) is 9.63. The molecule has 0 fully saturated rings. The smallest absolute Gasteiger partial charge is 0.360 e. The van der Waals surface area contributed by atoms with Gasteiger partial charge in [0, 0.05) is 18.4 Å². The summed E-state index contributed by atoms with van der Waals surface area (Å²) in [6.45, 7) is 6.02. The van der Waals surface area contributed by atoms with E-state index in [0.717, 1.165) is 6.26 Å². The van der Waals surface area contributed by atoms with Gasteiger partial charge in [-0.2, -0.15) is 8.42 Å². The van der Waals surface area contributed by atoms with E-state index in [9.17, 15) is 21.4 Å². The van der Waals surface area contributed by atoms with Crippen LogP contribution in [0.25, 0.3) is 0 Å². The topological polar surface area (TPSA) is 110 Å². The van der Waals surface area contributed by atoms with Crippen LogP contribution >= 0.6 is 0 Å². The second-order valence-electron chi connectivity index (χ2n) is 6.19. The van der Waals surface area contributed by atoms with Crippen molar-refractivity contribution in [3.05, 3.63) is 23.8 Å². The van der Waals surface area contributed by atoms with Crippen LogP contribution in [-0.4, -0.2) is 46.4 Å². The van der Waals surface area contributed by atoms with E-state index in [1.165, 1.54) is 18.2 Å². The van der Waals surface area contributed by atoms with Gasteiger partial charge < -0.3 is 9.47 Å². The van der Waals surface area contributed by atoms with Crippen LogP contribution < -0.4 is 9.04 Å². The number of hydrogen-bond donors (Lipinski definition) is 1. The Bertz CT molecular complexity index is 831. The van der Waals surface area contributed by atoms with Crippen molar-refractivity contribution < 1.29 is 30.9 Å². The van der Waals surface area contributed by atoms with E-state index in [0.29, 0.717) is 22.2 Å². The van der Waals surface area contributed by atoms with E-state index in [2.05, 4.69) is 0 Å². The Kier molecular flexibility index (Phi) is 4.88. The van der Waals surface area contributed by atoms with Crippen LogP contribution in [0.1, 0.15) is 26.3 Å². The van der Waals surface area contributed by atoms with Gasteiger partial charge in [0.15, 0.2) is 9.84 Å². The van der Waals surface area contributed by atoms with E-state index < -0.39 is 37.7 Å². The van der Waals surface area contributed by atoms with Crippen molar-refractivity contribution in [2.45, 2.75) is 32.5 Å². The van der Waals surface area contributed by atoms with Gasteiger partial charge in [0.25, 0.3) is 0 Å². The molecule has 0 bridgehead atoms. The minimum Gasteiger partial charge on any atom is -0.464 e. The highest BCUT2D eigenvalue weighted by Crippen LogP contribution is 2.45. The van der Waals surface area contributed by atoms with E-state index in [4.69, 9.17) is 9.47 Å². The van der Waals surface area contributed by atoms with Gasteiger partial charge >= 0.3 is 10.3 Å². The Morgan fingerprint density at radius 3 is 2.42 bits per heavy atom. The summed E-state index contributed by atoms with van der Waals surface area (Å²) in [5, 5.41) is 0. The van der Waals surface area contributed by atoms with Crippen LogP contribution in [0.5, 0.6) is 5.75 Å². The maximum atomic E-state index is 11.6. The molecule has 1 N–H and O–H groups in total. The molecule has 0 aliphatic carbocycles. The molecule has 0 saturated carbocycles. The molecule has 1 atom stereocenters. The number of ether oxygens (including phenoxy) is 2. The first-order chi connectivity index (χ1) is 10.9. The molecular formula is C14H21NO7S2. The maximum absolute atomic E-state index is 11.6. The van der Waals surface area contributed by atoms with E-state index in [1.807, 2.05) is 20.8 Å². The number of fused-ring (bicyclic) bond motifs is 1. The second kappa shape index (κ2) is 6.17. The maximum Gasteiger partial charge on any atom is 0.360 e. The number of anilines is 1. The number of hydrogen-bond acceptors (Lipinski definition) is 6. The molecule has 136 valence electrons. The molecule has 1 heterocycles. The van der Waals surface area contributed by atoms with Crippen molar-refractivity contribution in [3.63, 3.8) is 0 Å². The largest absolute Gasteiger partial charge is 0.464 e. The normalized spacial score (nSPS) is 19.6. The van der Waals surface area contributed by atoms with Crippen molar-refractivity contribution in [3.8, 4) is 5.75 Å². The van der Waals surface area contributed by atoms with Gasteiger partial charge in [-0.15, -0.1) is 0 Å². The van der Waals surface area contributed by atoms with E-state index >= 15 is 0 Å². The van der Waals surface area contributed by atoms with Crippen molar-refractivity contribution >= 4 is 25.8 Å². The minimum atomic E-state index is -4.75. The van der Waals surface area contributed by atoms with Gasteiger partial charge in [0.1, 0.15) is 11.6 Å². The molecule has 2 rings (SSSR count). The zero-order valence-corrected chi connectivity index (χ0v) is 15.5. The first-order valence-corrected chi connectivity index (χ1v) is 10.7. The van der Waals surface area contributed by atoms with Gasteiger partial charge in [-0.3, -0.25) is 4.55 Å². The van der Waals surface area contributed by atoms with Crippen LogP contribution in [-0.2, 0) is 30.3 Å². The summed E-state index contributed by atoms with van der Waals surface area (Å²) in [7, 11) is -8.43. The average molecular weight is 379 g/mol. The molecule has 1 aromatic rings. The quantitative estimate of drug-likeness (QED) is 0.742. The Morgan fingerprint density at radius 2 is 1.92 bits per heavy atom. The molecule has 1 aromatic carbocycles. The lowest BCUT2D eigenvalue weighted by Gasteiger charge is -2.26. The summed E-state index contributed by atoms with van der Waals surface area (Å²) in [6, 6.07) is 4.40. The van der Waals surface area contributed by atoms with Crippen LogP contribution in [0.3, 0.4) is 0 Å². The van der Waals surface area contributed by atoms with E-state index in [1.54, 1.807) is 0 Å². The van der Waals surface area contributed by atoms with Crippen LogP contribution in [0.4, 0.5) is 5.69 Å². The third-order valence-corrected chi connectivity index (χ3v) is 5.50. The number of sulfone groups is 1. The van der Waals surface area contributed by atoms with E-state index in [-0.39, 0.29) is 5.69 Å². The minimum absolute atomic E-state index is 0.0375. The van der Waals surface area contributed by atoms with Crippen molar-refractivity contribution in [1.29, 1.82) is 0 Å².